The van der Waals surface area contributed by atoms with E-state index in [2.05, 4.69) is 6.08 Å². The highest BCUT2D eigenvalue weighted by atomic mass is 16.3. The predicted molar refractivity (Wildman–Crippen MR) is 72.0 cm³/mol. The zero-order valence-corrected chi connectivity index (χ0v) is 11.2. The fraction of sp³-hybridized carbons (Fsp3) is 0.875. The third kappa shape index (κ3) is 2.37. The van der Waals surface area contributed by atoms with E-state index in [1.54, 1.807) is 0 Å². The lowest BCUT2D eigenvalue weighted by Crippen LogP contribution is -2.19. The molecule has 0 amide bonds. The van der Waals surface area contributed by atoms with Crippen LogP contribution in [0.15, 0.2) is 12.2 Å². The maximum absolute atomic E-state index is 10.2. The highest BCUT2D eigenvalue weighted by Crippen LogP contribution is 2.48. The molecule has 0 aromatic heterocycles. The van der Waals surface area contributed by atoms with Crippen molar-refractivity contribution in [2.45, 2.75) is 63.6 Å². The van der Waals surface area contributed by atoms with Gasteiger partial charge in [-0.2, -0.15) is 0 Å². The lowest BCUT2D eigenvalue weighted by Gasteiger charge is -2.19. The van der Waals surface area contributed by atoms with Gasteiger partial charge < -0.3 is 10.2 Å². The Hall–Kier alpha value is -0.340. The average Bonchev–Trinajstić information content (AvgIpc) is 3.02. The van der Waals surface area contributed by atoms with Crippen LogP contribution in [-0.4, -0.2) is 22.4 Å². The van der Waals surface area contributed by atoms with E-state index in [4.69, 9.17) is 0 Å². The third-order valence-electron chi connectivity index (χ3n) is 5.61. The first-order chi connectivity index (χ1) is 8.75. The smallest absolute Gasteiger partial charge is 0.0749 e. The number of aliphatic hydroxyl groups excluding tert-OH is 2. The Morgan fingerprint density at radius 2 is 1.78 bits per heavy atom. The van der Waals surface area contributed by atoms with Crippen molar-refractivity contribution in [1.29, 1.82) is 0 Å². The van der Waals surface area contributed by atoms with Crippen molar-refractivity contribution in [3.63, 3.8) is 0 Å². The molecule has 0 radical (unpaired) electrons. The molecule has 0 aromatic rings. The second kappa shape index (κ2) is 5.34. The molecule has 2 heteroatoms. The zero-order valence-electron chi connectivity index (χ0n) is 11.2. The Balaban J connectivity index is 1.60. The Morgan fingerprint density at radius 1 is 1.00 bits per heavy atom. The Morgan fingerprint density at radius 3 is 2.56 bits per heavy atom. The molecule has 18 heavy (non-hydrogen) atoms. The molecule has 2 nitrogen and oxygen atoms in total. The van der Waals surface area contributed by atoms with Crippen LogP contribution in [0.5, 0.6) is 0 Å². The molecule has 0 heterocycles. The van der Waals surface area contributed by atoms with Gasteiger partial charge in [-0.3, -0.25) is 0 Å². The quantitative estimate of drug-likeness (QED) is 0.756. The number of fused-ring (bicyclic) bond motifs is 1. The van der Waals surface area contributed by atoms with Crippen LogP contribution in [0.4, 0.5) is 0 Å². The normalized spacial score (nSPS) is 42.8. The minimum Gasteiger partial charge on any atom is -0.392 e. The number of hydrogen-bond acceptors (Lipinski definition) is 2. The molecule has 0 saturated heterocycles. The molecule has 3 rings (SSSR count). The Labute approximate surface area is 110 Å². The molecule has 0 aromatic carbocycles. The molecule has 4 unspecified atom stereocenters. The van der Waals surface area contributed by atoms with Gasteiger partial charge in [0.2, 0.25) is 0 Å². The summed E-state index contributed by atoms with van der Waals surface area (Å²) in [5.74, 6) is 2.22. The molecular formula is C16H26O2. The first kappa shape index (κ1) is 12.7. The Bertz CT molecular complexity index is 306. The van der Waals surface area contributed by atoms with E-state index >= 15 is 0 Å². The lowest BCUT2D eigenvalue weighted by molar-refractivity contribution is 0.134. The Kier molecular flexibility index (Phi) is 3.76. The summed E-state index contributed by atoms with van der Waals surface area (Å²) < 4.78 is 0. The van der Waals surface area contributed by atoms with Crippen LogP contribution in [0.1, 0.15) is 51.4 Å². The summed E-state index contributed by atoms with van der Waals surface area (Å²) in [6, 6.07) is 0. The largest absolute Gasteiger partial charge is 0.392 e. The van der Waals surface area contributed by atoms with Crippen molar-refractivity contribution in [2.75, 3.05) is 0 Å². The topological polar surface area (TPSA) is 40.5 Å². The van der Waals surface area contributed by atoms with Gasteiger partial charge >= 0.3 is 0 Å². The summed E-state index contributed by atoms with van der Waals surface area (Å²) in [6.45, 7) is 0. The van der Waals surface area contributed by atoms with E-state index in [-0.39, 0.29) is 12.2 Å². The van der Waals surface area contributed by atoms with Gasteiger partial charge in [0.1, 0.15) is 0 Å². The molecule has 3 saturated carbocycles. The summed E-state index contributed by atoms with van der Waals surface area (Å²) in [5.41, 5.74) is 0. The van der Waals surface area contributed by atoms with Crippen LogP contribution in [0.25, 0.3) is 0 Å². The fourth-order valence-corrected chi connectivity index (χ4v) is 4.59. The first-order valence-corrected chi connectivity index (χ1v) is 7.80. The summed E-state index contributed by atoms with van der Waals surface area (Å²) >= 11 is 0. The van der Waals surface area contributed by atoms with Gasteiger partial charge in [-0.25, -0.2) is 0 Å². The van der Waals surface area contributed by atoms with Crippen LogP contribution in [-0.2, 0) is 0 Å². The van der Waals surface area contributed by atoms with Crippen molar-refractivity contribution in [3.8, 4) is 0 Å². The maximum atomic E-state index is 10.2. The summed E-state index contributed by atoms with van der Waals surface area (Å²) in [4.78, 5) is 0. The highest BCUT2D eigenvalue weighted by Gasteiger charge is 2.43. The van der Waals surface area contributed by atoms with E-state index in [1.807, 2.05) is 6.08 Å². The van der Waals surface area contributed by atoms with E-state index in [1.165, 1.54) is 44.9 Å². The predicted octanol–water partition coefficient (Wildman–Crippen LogP) is 2.89. The first-order valence-electron chi connectivity index (χ1n) is 7.80. The van der Waals surface area contributed by atoms with Gasteiger partial charge in [-0.1, -0.05) is 37.8 Å². The fourth-order valence-electron chi connectivity index (χ4n) is 4.59. The van der Waals surface area contributed by atoms with Crippen molar-refractivity contribution in [1.82, 2.24) is 0 Å². The number of rotatable bonds is 3. The molecule has 0 spiro atoms. The molecule has 3 aliphatic rings. The second-order valence-electron chi connectivity index (χ2n) is 6.66. The minimum absolute atomic E-state index is 0.160. The van der Waals surface area contributed by atoms with E-state index < -0.39 is 0 Å². The van der Waals surface area contributed by atoms with Crippen LogP contribution in [0, 0.1) is 23.7 Å². The van der Waals surface area contributed by atoms with E-state index in [0.717, 1.165) is 12.3 Å². The zero-order chi connectivity index (χ0) is 12.5. The number of aliphatic hydroxyl groups is 2. The average molecular weight is 250 g/mol. The van der Waals surface area contributed by atoms with Crippen LogP contribution in [0.3, 0.4) is 0 Å². The molecule has 3 fully saturated rings. The minimum atomic E-state index is -0.278. The van der Waals surface area contributed by atoms with Gasteiger partial charge in [0.15, 0.2) is 0 Å². The molecule has 5 atom stereocenters. The second-order valence-corrected chi connectivity index (χ2v) is 6.66. The monoisotopic (exact) mass is 250 g/mol. The van der Waals surface area contributed by atoms with Crippen LogP contribution >= 0.6 is 0 Å². The van der Waals surface area contributed by atoms with Crippen molar-refractivity contribution in [2.24, 2.45) is 23.7 Å². The third-order valence-corrected chi connectivity index (χ3v) is 5.61. The molecular weight excluding hydrogens is 224 g/mol. The molecule has 0 aliphatic heterocycles. The molecule has 2 N–H and O–H groups in total. The lowest BCUT2D eigenvalue weighted by atomic mass is 9.90. The van der Waals surface area contributed by atoms with Gasteiger partial charge in [-0.15, -0.1) is 0 Å². The number of hydrogen-bond donors (Lipinski definition) is 2. The van der Waals surface area contributed by atoms with Gasteiger partial charge in [0.25, 0.3) is 0 Å². The van der Waals surface area contributed by atoms with Crippen molar-refractivity contribution >= 4 is 0 Å². The van der Waals surface area contributed by atoms with Crippen LogP contribution in [0.2, 0.25) is 0 Å². The molecule has 3 aliphatic carbocycles. The van der Waals surface area contributed by atoms with E-state index in [9.17, 15) is 10.2 Å². The van der Waals surface area contributed by atoms with E-state index in [0.29, 0.717) is 17.8 Å². The van der Waals surface area contributed by atoms with Crippen molar-refractivity contribution in [3.05, 3.63) is 12.2 Å². The molecule has 0 bridgehead atoms. The maximum Gasteiger partial charge on any atom is 0.0749 e. The summed E-state index contributed by atoms with van der Waals surface area (Å²) in [6.07, 6.45) is 13.5. The van der Waals surface area contributed by atoms with Crippen molar-refractivity contribution < 1.29 is 10.2 Å². The summed E-state index contributed by atoms with van der Waals surface area (Å²) in [7, 11) is 0. The summed E-state index contributed by atoms with van der Waals surface area (Å²) in [5, 5.41) is 20.3. The van der Waals surface area contributed by atoms with Gasteiger partial charge in [0, 0.05) is 5.92 Å². The molecule has 102 valence electrons. The van der Waals surface area contributed by atoms with Gasteiger partial charge in [-0.05, 0) is 43.4 Å². The standard InChI is InChI=1S/C16H26O2/c17-15(11-4-1-2-5-11)9-8-14-13-7-3-6-12(13)10-16(14)18/h8-9,11-18H,1-7,10H2/b9-8+/t12?,13?,14?,15-,16?/m1/s1. The SMILES string of the molecule is OC1CC2CCCC2C1/C=C/[C@@H](O)C1CCCC1. The highest BCUT2D eigenvalue weighted by molar-refractivity contribution is 5.06. The van der Waals surface area contributed by atoms with Crippen LogP contribution < -0.4 is 0 Å². The van der Waals surface area contributed by atoms with Gasteiger partial charge in [0.05, 0.1) is 12.2 Å².